The van der Waals surface area contributed by atoms with Crippen molar-refractivity contribution in [2.24, 2.45) is 5.92 Å². The first-order valence-corrected chi connectivity index (χ1v) is 10.1. The molecule has 0 N–H and O–H groups in total. The number of unbranched alkanes of at least 4 members (excludes halogenated alkanes) is 4. The van der Waals surface area contributed by atoms with E-state index in [4.69, 9.17) is 0 Å². The summed E-state index contributed by atoms with van der Waals surface area (Å²) in [6.45, 7) is 18.3. The molecule has 0 saturated heterocycles. The third-order valence-corrected chi connectivity index (χ3v) is 3.03. The van der Waals surface area contributed by atoms with Crippen molar-refractivity contribution in [2.45, 2.75) is 128 Å². The molecule has 0 spiro atoms. The van der Waals surface area contributed by atoms with Crippen LogP contribution in [0.1, 0.15) is 128 Å². The predicted molar refractivity (Wildman–Crippen MR) is 112 cm³/mol. The van der Waals surface area contributed by atoms with Crippen molar-refractivity contribution in [1.29, 1.82) is 0 Å². The minimum Gasteiger partial charge on any atom is -0.0883 e. The van der Waals surface area contributed by atoms with Gasteiger partial charge in [0.1, 0.15) is 0 Å². The van der Waals surface area contributed by atoms with Gasteiger partial charge in [0.05, 0.1) is 0 Å². The third-order valence-electron chi connectivity index (χ3n) is 3.03. The molecule has 0 aromatic rings. The summed E-state index contributed by atoms with van der Waals surface area (Å²) in [4.78, 5) is 0. The van der Waals surface area contributed by atoms with Crippen LogP contribution in [0.4, 0.5) is 0 Å². The first-order valence-electron chi connectivity index (χ1n) is 10.1. The summed E-state index contributed by atoms with van der Waals surface area (Å²) in [7, 11) is 0. The van der Waals surface area contributed by atoms with E-state index in [-0.39, 0.29) is 7.43 Å². The van der Waals surface area contributed by atoms with Crippen molar-refractivity contribution in [1.82, 2.24) is 0 Å². The van der Waals surface area contributed by atoms with Crippen LogP contribution in [-0.2, 0) is 0 Å². The Morgan fingerprint density at radius 1 is 0.727 bits per heavy atom. The molecule has 0 bridgehead atoms. The Morgan fingerprint density at radius 3 is 1.59 bits per heavy atom. The molecule has 0 aliphatic heterocycles. The van der Waals surface area contributed by atoms with E-state index in [2.05, 4.69) is 19.1 Å². The van der Waals surface area contributed by atoms with Gasteiger partial charge >= 0.3 is 0 Å². The predicted octanol–water partition coefficient (Wildman–Crippen LogP) is 9.44. The lowest BCUT2D eigenvalue weighted by Crippen LogP contribution is -1.85. The molecule has 1 aliphatic rings. The van der Waals surface area contributed by atoms with Gasteiger partial charge < -0.3 is 0 Å². The van der Waals surface area contributed by atoms with Gasteiger partial charge in [-0.25, -0.2) is 0 Å². The summed E-state index contributed by atoms with van der Waals surface area (Å²) >= 11 is 0. The zero-order chi connectivity index (χ0) is 17.4. The van der Waals surface area contributed by atoms with Crippen LogP contribution in [0.2, 0.25) is 0 Å². The van der Waals surface area contributed by atoms with E-state index in [0.717, 1.165) is 5.92 Å². The molecule has 0 heteroatoms. The molecule has 0 heterocycles. The van der Waals surface area contributed by atoms with Crippen molar-refractivity contribution >= 4 is 0 Å². The summed E-state index contributed by atoms with van der Waals surface area (Å²) in [5, 5.41) is 0. The van der Waals surface area contributed by atoms with Crippen LogP contribution in [0.15, 0.2) is 12.2 Å². The molecule has 1 aliphatic carbocycles. The minimum absolute atomic E-state index is 0. The Balaban J connectivity index is -0.0000000932. The van der Waals surface area contributed by atoms with Gasteiger partial charge in [0.2, 0.25) is 0 Å². The lowest BCUT2D eigenvalue weighted by molar-refractivity contribution is 0.660. The molecule has 0 atom stereocenters. The van der Waals surface area contributed by atoms with E-state index in [0.29, 0.717) is 0 Å². The Morgan fingerprint density at radius 2 is 1.18 bits per heavy atom. The van der Waals surface area contributed by atoms with Gasteiger partial charge in [-0.3, -0.25) is 0 Å². The Hall–Kier alpha value is -0.260. The highest BCUT2D eigenvalue weighted by atomic mass is 14.2. The molecule has 1 saturated carbocycles. The fraction of sp³-hybridized carbons (Fsp3) is 0.909. The highest BCUT2D eigenvalue weighted by Gasteiger charge is 2.10. The minimum atomic E-state index is 0. The molecule has 22 heavy (non-hydrogen) atoms. The highest BCUT2D eigenvalue weighted by Crippen LogP contribution is 2.25. The molecule has 140 valence electrons. The standard InChI is InChI=1S/C13H24.4C2H6.CH4/c1-2-3-4-5-6-7-10-13-11-8-9-12-13;4*1-2;/h7,10,13H,2-6,8-9,11-12H2,1H3;4*1-2H3;1H4/b10-7+;;;;;. The van der Waals surface area contributed by atoms with Crippen LogP contribution in [-0.4, -0.2) is 0 Å². The average molecular weight is 317 g/mol. The quantitative estimate of drug-likeness (QED) is 0.338. The SMILES string of the molecule is C.CC.CC.CC.CC.CCCCCC/C=C/C1CCCC1. The number of allylic oxidation sites excluding steroid dienone is 2. The van der Waals surface area contributed by atoms with Crippen molar-refractivity contribution in [3.8, 4) is 0 Å². The van der Waals surface area contributed by atoms with E-state index in [1.807, 2.05) is 55.4 Å². The second kappa shape index (κ2) is 42.8. The number of hydrogen-bond donors (Lipinski definition) is 0. The van der Waals surface area contributed by atoms with Crippen LogP contribution in [0.3, 0.4) is 0 Å². The van der Waals surface area contributed by atoms with E-state index < -0.39 is 0 Å². The van der Waals surface area contributed by atoms with Crippen molar-refractivity contribution in [3.63, 3.8) is 0 Å². The normalized spacial score (nSPS) is 12.2. The van der Waals surface area contributed by atoms with Gasteiger partial charge in [-0.05, 0) is 31.6 Å². The molecule has 1 fully saturated rings. The molecule has 0 radical (unpaired) electrons. The maximum absolute atomic E-state index is 2.47. The van der Waals surface area contributed by atoms with E-state index in [9.17, 15) is 0 Å². The smallest absolute Gasteiger partial charge is 0.0234 e. The second-order valence-corrected chi connectivity index (χ2v) is 4.32. The van der Waals surface area contributed by atoms with E-state index >= 15 is 0 Å². The first kappa shape index (κ1) is 33.4. The zero-order valence-electron chi connectivity index (χ0n) is 17.1. The lowest BCUT2D eigenvalue weighted by Gasteiger charge is -1.99. The Labute approximate surface area is 146 Å². The van der Waals surface area contributed by atoms with Crippen molar-refractivity contribution in [2.75, 3.05) is 0 Å². The van der Waals surface area contributed by atoms with Crippen LogP contribution in [0, 0.1) is 5.92 Å². The maximum Gasteiger partial charge on any atom is -0.0234 e. The first-order chi connectivity index (χ1) is 10.4. The Kier molecular flexibility index (Phi) is 64.9. The number of rotatable bonds is 6. The van der Waals surface area contributed by atoms with Crippen LogP contribution >= 0.6 is 0 Å². The van der Waals surface area contributed by atoms with E-state index in [1.54, 1.807) is 0 Å². The molecule has 1 rings (SSSR count). The molecule has 0 amide bonds. The molecule has 0 aromatic heterocycles. The van der Waals surface area contributed by atoms with Crippen LogP contribution in [0.25, 0.3) is 0 Å². The summed E-state index contributed by atoms with van der Waals surface area (Å²) in [5.74, 6) is 0.936. The van der Waals surface area contributed by atoms with Crippen LogP contribution in [0.5, 0.6) is 0 Å². The summed E-state index contributed by atoms with van der Waals surface area (Å²) in [6.07, 6.45) is 17.6. The van der Waals surface area contributed by atoms with E-state index in [1.165, 1.54) is 57.8 Å². The zero-order valence-corrected chi connectivity index (χ0v) is 17.1. The topological polar surface area (TPSA) is 0 Å². The largest absolute Gasteiger partial charge is 0.0883 e. The van der Waals surface area contributed by atoms with Crippen molar-refractivity contribution in [3.05, 3.63) is 12.2 Å². The Bertz CT molecular complexity index is 129. The average Bonchev–Trinajstić information content (AvgIpc) is 3.12. The van der Waals surface area contributed by atoms with Crippen molar-refractivity contribution < 1.29 is 0 Å². The summed E-state index contributed by atoms with van der Waals surface area (Å²) in [5.41, 5.74) is 0. The van der Waals surface area contributed by atoms with Gasteiger partial charge in [0.25, 0.3) is 0 Å². The maximum atomic E-state index is 2.47. The lowest BCUT2D eigenvalue weighted by atomic mass is 10.1. The monoisotopic (exact) mass is 316 g/mol. The number of hydrogen-bond acceptors (Lipinski definition) is 0. The molecular weight excluding hydrogens is 264 g/mol. The van der Waals surface area contributed by atoms with Gasteiger partial charge in [0.15, 0.2) is 0 Å². The molecule has 0 nitrogen and oxygen atoms in total. The second-order valence-electron chi connectivity index (χ2n) is 4.32. The molecule has 0 unspecified atom stereocenters. The fourth-order valence-corrected chi connectivity index (χ4v) is 2.13. The van der Waals surface area contributed by atoms with Gasteiger partial charge in [-0.2, -0.15) is 0 Å². The van der Waals surface area contributed by atoms with Gasteiger partial charge in [0, 0.05) is 0 Å². The fourth-order valence-electron chi connectivity index (χ4n) is 2.13. The highest BCUT2D eigenvalue weighted by molar-refractivity contribution is 4.90. The molecule has 0 aromatic carbocycles. The van der Waals surface area contributed by atoms with Gasteiger partial charge in [-0.15, -0.1) is 0 Å². The summed E-state index contributed by atoms with van der Waals surface area (Å²) < 4.78 is 0. The summed E-state index contributed by atoms with van der Waals surface area (Å²) in [6, 6.07) is 0. The van der Waals surface area contributed by atoms with Gasteiger partial charge in [-0.1, -0.05) is 114 Å². The van der Waals surface area contributed by atoms with Crippen LogP contribution < -0.4 is 0 Å². The third kappa shape index (κ3) is 31.9. The molecular formula is C22H52.